The molecule has 0 amide bonds. The highest BCUT2D eigenvalue weighted by Crippen LogP contribution is 2.18. The topological polar surface area (TPSA) is 12.5 Å². The van der Waals surface area contributed by atoms with Gasteiger partial charge in [0.25, 0.3) is 0 Å². The Balaban J connectivity index is 3.80. The van der Waals surface area contributed by atoms with Crippen molar-refractivity contribution in [2.24, 2.45) is 0 Å². The molecule has 0 heterocycles. The van der Waals surface area contributed by atoms with Crippen molar-refractivity contribution >= 4 is 0 Å². The van der Waals surface area contributed by atoms with E-state index >= 15 is 0 Å². The lowest BCUT2D eigenvalue weighted by Crippen LogP contribution is -2.35. The summed E-state index contributed by atoms with van der Waals surface area (Å²) in [7, 11) is 3.02. The van der Waals surface area contributed by atoms with Crippen molar-refractivity contribution < 1.29 is 17.9 Å². The summed E-state index contributed by atoms with van der Waals surface area (Å²) in [6.07, 6.45) is -3.54. The van der Waals surface area contributed by atoms with Crippen LogP contribution in [-0.2, 0) is 4.74 Å². The van der Waals surface area contributed by atoms with Crippen LogP contribution in [-0.4, -0.2) is 43.9 Å². The molecule has 14 heavy (non-hydrogen) atoms. The van der Waals surface area contributed by atoms with E-state index in [1.807, 2.05) is 13.8 Å². The van der Waals surface area contributed by atoms with E-state index in [2.05, 4.69) is 0 Å². The third kappa shape index (κ3) is 7.15. The fourth-order valence-corrected chi connectivity index (χ4v) is 0.947. The van der Waals surface area contributed by atoms with Gasteiger partial charge in [0.15, 0.2) is 0 Å². The number of rotatable bonds is 5. The highest BCUT2D eigenvalue weighted by molar-refractivity contribution is 4.70. The molecule has 0 aromatic heterocycles. The quantitative estimate of drug-likeness (QED) is 0.694. The highest BCUT2D eigenvalue weighted by Gasteiger charge is 2.29. The second kappa shape index (κ2) is 4.98. The minimum absolute atomic E-state index is 0.361. The molecule has 0 aromatic carbocycles. The van der Waals surface area contributed by atoms with Gasteiger partial charge in [-0.1, -0.05) is 0 Å². The maximum Gasteiger partial charge on any atom is 0.401 e. The van der Waals surface area contributed by atoms with Crippen LogP contribution >= 0.6 is 0 Å². The Morgan fingerprint density at radius 3 is 2.07 bits per heavy atom. The number of nitrogens with zero attached hydrogens (tertiary/aromatic N) is 1. The van der Waals surface area contributed by atoms with Gasteiger partial charge in [-0.2, -0.15) is 13.2 Å². The van der Waals surface area contributed by atoms with E-state index < -0.39 is 12.7 Å². The summed E-state index contributed by atoms with van der Waals surface area (Å²) in [5.74, 6) is 0. The zero-order valence-electron chi connectivity index (χ0n) is 9.11. The maximum absolute atomic E-state index is 11.9. The summed E-state index contributed by atoms with van der Waals surface area (Å²) in [6.45, 7) is 3.22. The Hall–Kier alpha value is -0.290. The zero-order chi connectivity index (χ0) is 11.4. The summed E-state index contributed by atoms with van der Waals surface area (Å²) in [4.78, 5) is 1.25. The van der Waals surface area contributed by atoms with Gasteiger partial charge < -0.3 is 4.74 Å². The molecular weight excluding hydrogens is 195 g/mol. The van der Waals surface area contributed by atoms with Crippen molar-refractivity contribution in [1.29, 1.82) is 0 Å². The lowest BCUT2D eigenvalue weighted by atomic mass is 10.1. The molecule has 0 radical (unpaired) electrons. The van der Waals surface area contributed by atoms with Crippen molar-refractivity contribution in [2.45, 2.75) is 32.0 Å². The molecule has 0 bridgehead atoms. The van der Waals surface area contributed by atoms with E-state index in [1.54, 1.807) is 7.11 Å². The minimum atomic E-state index is -4.12. The van der Waals surface area contributed by atoms with Gasteiger partial charge >= 0.3 is 6.18 Å². The zero-order valence-corrected chi connectivity index (χ0v) is 9.11. The molecule has 0 atom stereocenters. The second-order valence-electron chi connectivity index (χ2n) is 4.07. The molecule has 0 saturated heterocycles. The Labute approximate surface area is 83.0 Å². The first-order valence-electron chi connectivity index (χ1n) is 4.47. The van der Waals surface area contributed by atoms with Gasteiger partial charge in [0.2, 0.25) is 0 Å². The van der Waals surface area contributed by atoms with Gasteiger partial charge in [-0.3, -0.25) is 4.90 Å². The van der Waals surface area contributed by atoms with E-state index in [4.69, 9.17) is 4.74 Å². The van der Waals surface area contributed by atoms with Gasteiger partial charge in [0.05, 0.1) is 12.1 Å². The molecule has 0 aromatic rings. The lowest BCUT2D eigenvalue weighted by molar-refractivity contribution is -0.144. The third-order valence-corrected chi connectivity index (χ3v) is 2.10. The average molecular weight is 213 g/mol. The molecule has 0 saturated carbocycles. The molecule has 86 valence electrons. The van der Waals surface area contributed by atoms with Crippen LogP contribution in [0.25, 0.3) is 0 Å². The van der Waals surface area contributed by atoms with E-state index in [0.29, 0.717) is 13.0 Å². The first-order chi connectivity index (χ1) is 6.16. The largest absolute Gasteiger partial charge is 0.401 e. The van der Waals surface area contributed by atoms with E-state index in [0.717, 1.165) is 0 Å². The van der Waals surface area contributed by atoms with E-state index in [9.17, 15) is 13.2 Å². The van der Waals surface area contributed by atoms with Gasteiger partial charge in [-0.05, 0) is 27.3 Å². The van der Waals surface area contributed by atoms with Crippen LogP contribution in [0.3, 0.4) is 0 Å². The van der Waals surface area contributed by atoms with Crippen LogP contribution in [0.1, 0.15) is 20.3 Å². The van der Waals surface area contributed by atoms with E-state index in [1.165, 1.54) is 11.9 Å². The van der Waals surface area contributed by atoms with Crippen molar-refractivity contribution in [1.82, 2.24) is 4.90 Å². The first-order valence-corrected chi connectivity index (χ1v) is 4.47. The fourth-order valence-electron chi connectivity index (χ4n) is 0.947. The molecule has 0 aliphatic rings. The Morgan fingerprint density at radius 2 is 1.71 bits per heavy atom. The number of hydrogen-bond donors (Lipinski definition) is 0. The fraction of sp³-hybridized carbons (Fsp3) is 1.00. The molecular formula is C9H18F3NO. The monoisotopic (exact) mass is 213 g/mol. The normalized spacial score (nSPS) is 13.7. The minimum Gasteiger partial charge on any atom is -0.379 e. The number of methoxy groups -OCH3 is 1. The molecule has 0 rings (SSSR count). The standard InChI is InChI=1S/C9H18F3NO/c1-8(2,14-4)5-6-13(3)7-9(10,11)12/h5-7H2,1-4H3. The molecule has 0 fully saturated rings. The number of alkyl halides is 3. The van der Waals surface area contributed by atoms with Gasteiger partial charge in [-0.25, -0.2) is 0 Å². The summed E-state index contributed by atoms with van der Waals surface area (Å²) in [6, 6.07) is 0. The predicted molar refractivity (Wildman–Crippen MR) is 49.3 cm³/mol. The molecule has 2 nitrogen and oxygen atoms in total. The van der Waals surface area contributed by atoms with Gasteiger partial charge in [-0.15, -0.1) is 0 Å². The highest BCUT2D eigenvalue weighted by atomic mass is 19.4. The Bertz CT molecular complexity index is 168. The molecule has 5 heteroatoms. The van der Waals surface area contributed by atoms with E-state index in [-0.39, 0.29) is 5.60 Å². The van der Waals surface area contributed by atoms with Crippen molar-refractivity contribution in [3.63, 3.8) is 0 Å². The van der Waals surface area contributed by atoms with Crippen LogP contribution < -0.4 is 0 Å². The molecule has 0 aliphatic heterocycles. The Morgan fingerprint density at radius 1 is 1.21 bits per heavy atom. The smallest absolute Gasteiger partial charge is 0.379 e. The van der Waals surface area contributed by atoms with Crippen LogP contribution in [0, 0.1) is 0 Å². The number of hydrogen-bond acceptors (Lipinski definition) is 2. The molecule has 0 N–H and O–H groups in total. The van der Waals surface area contributed by atoms with Crippen LogP contribution in [0.5, 0.6) is 0 Å². The van der Waals surface area contributed by atoms with Crippen molar-refractivity contribution in [3.8, 4) is 0 Å². The molecule has 0 unspecified atom stereocenters. The van der Waals surface area contributed by atoms with Crippen molar-refractivity contribution in [3.05, 3.63) is 0 Å². The van der Waals surface area contributed by atoms with Crippen LogP contribution in [0.15, 0.2) is 0 Å². The van der Waals surface area contributed by atoms with Gasteiger partial charge in [0, 0.05) is 13.7 Å². The van der Waals surface area contributed by atoms with Crippen molar-refractivity contribution in [2.75, 3.05) is 27.2 Å². The Kier molecular flexibility index (Phi) is 4.88. The van der Waals surface area contributed by atoms with Gasteiger partial charge in [0.1, 0.15) is 0 Å². The maximum atomic E-state index is 11.9. The average Bonchev–Trinajstić information content (AvgIpc) is 1.98. The predicted octanol–water partition coefficient (Wildman–Crippen LogP) is 2.30. The third-order valence-electron chi connectivity index (χ3n) is 2.10. The second-order valence-corrected chi connectivity index (χ2v) is 4.07. The molecule has 0 spiro atoms. The first kappa shape index (κ1) is 13.7. The number of halogens is 3. The lowest BCUT2D eigenvalue weighted by Gasteiger charge is -2.26. The molecule has 0 aliphatic carbocycles. The SMILES string of the molecule is COC(C)(C)CCN(C)CC(F)(F)F. The summed E-state index contributed by atoms with van der Waals surface area (Å²) in [5.41, 5.74) is -0.361. The summed E-state index contributed by atoms with van der Waals surface area (Å²) < 4.78 is 40.9. The summed E-state index contributed by atoms with van der Waals surface area (Å²) in [5, 5.41) is 0. The van der Waals surface area contributed by atoms with Crippen LogP contribution in [0.2, 0.25) is 0 Å². The van der Waals surface area contributed by atoms with Crippen LogP contribution in [0.4, 0.5) is 13.2 Å². The summed E-state index contributed by atoms with van der Waals surface area (Å²) >= 11 is 0. The number of ether oxygens (including phenoxy) is 1.